The summed E-state index contributed by atoms with van der Waals surface area (Å²) in [4.78, 5) is 34.1. The van der Waals surface area contributed by atoms with Crippen LogP contribution in [0.2, 0.25) is 0 Å². The molecule has 0 N–H and O–H groups in total. The van der Waals surface area contributed by atoms with E-state index in [4.69, 9.17) is 14.5 Å². The highest BCUT2D eigenvalue weighted by Gasteiger charge is 2.35. The van der Waals surface area contributed by atoms with Crippen LogP contribution in [0.3, 0.4) is 0 Å². The van der Waals surface area contributed by atoms with Gasteiger partial charge in [-0.1, -0.05) is 59.9 Å². The van der Waals surface area contributed by atoms with Crippen LogP contribution in [0.4, 0.5) is 0 Å². The van der Waals surface area contributed by atoms with Crippen molar-refractivity contribution in [2.24, 2.45) is 4.99 Å². The van der Waals surface area contributed by atoms with E-state index < -0.39 is 12.0 Å². The maximum absolute atomic E-state index is 14.1. The average molecular weight is 650 g/mol. The number of fused-ring (bicyclic) bond motifs is 1. The first-order valence-electron chi connectivity index (χ1n) is 13.2. The zero-order valence-electron chi connectivity index (χ0n) is 23.1. The second-order valence-corrected chi connectivity index (χ2v) is 12.3. The Hall–Kier alpha value is -3.40. The van der Waals surface area contributed by atoms with Gasteiger partial charge in [-0.25, -0.2) is 9.79 Å². The fourth-order valence-corrected chi connectivity index (χ4v) is 6.55. The lowest BCUT2D eigenvalue weighted by atomic mass is 9.93. The molecule has 1 aliphatic rings. The molecule has 0 fully saturated rings. The quantitative estimate of drug-likeness (QED) is 0.168. The highest BCUT2D eigenvalue weighted by Crippen LogP contribution is 2.35. The van der Waals surface area contributed by atoms with Gasteiger partial charge in [0.2, 0.25) is 0 Å². The van der Waals surface area contributed by atoms with E-state index in [2.05, 4.69) is 15.9 Å². The molecule has 210 valence electrons. The number of esters is 1. The summed E-state index contributed by atoms with van der Waals surface area (Å²) in [5.41, 5.74) is 3.05. The molecule has 0 bridgehead atoms. The second kappa shape index (κ2) is 12.6. The van der Waals surface area contributed by atoms with E-state index in [1.54, 1.807) is 23.3 Å². The third kappa shape index (κ3) is 6.12. The van der Waals surface area contributed by atoms with Gasteiger partial charge in [0.25, 0.3) is 5.56 Å². The minimum absolute atomic E-state index is 0.0400. The Labute approximate surface area is 255 Å². The fraction of sp³-hybridized carbons (Fsp3) is 0.219. The molecule has 0 amide bonds. The molecule has 1 aliphatic heterocycles. The monoisotopic (exact) mass is 648 g/mol. The summed E-state index contributed by atoms with van der Waals surface area (Å²) in [6, 6.07) is 22.5. The van der Waals surface area contributed by atoms with Crippen LogP contribution in [-0.2, 0) is 9.53 Å². The van der Waals surface area contributed by atoms with Crippen LogP contribution in [0.1, 0.15) is 43.5 Å². The van der Waals surface area contributed by atoms with Gasteiger partial charge < -0.3 is 9.47 Å². The van der Waals surface area contributed by atoms with E-state index in [9.17, 15) is 9.59 Å². The van der Waals surface area contributed by atoms with Crippen molar-refractivity contribution in [1.82, 2.24) is 4.57 Å². The van der Waals surface area contributed by atoms with Gasteiger partial charge in [-0.15, -0.1) is 11.8 Å². The number of hydrogen-bond acceptors (Lipinski definition) is 7. The van der Waals surface area contributed by atoms with Crippen molar-refractivity contribution < 1.29 is 14.3 Å². The van der Waals surface area contributed by atoms with Gasteiger partial charge in [0, 0.05) is 10.5 Å². The van der Waals surface area contributed by atoms with Crippen molar-refractivity contribution in [3.63, 3.8) is 0 Å². The lowest BCUT2D eigenvalue weighted by molar-refractivity contribution is -0.138. The van der Waals surface area contributed by atoms with Crippen molar-refractivity contribution in [3.8, 4) is 5.75 Å². The van der Waals surface area contributed by atoms with Gasteiger partial charge in [0.05, 0.1) is 39.0 Å². The van der Waals surface area contributed by atoms with E-state index in [0.29, 0.717) is 20.6 Å². The Balaban J connectivity index is 1.75. The van der Waals surface area contributed by atoms with Crippen LogP contribution in [0.5, 0.6) is 5.75 Å². The number of thioether (sulfide) groups is 1. The number of nitrogens with zero attached hydrogens (tertiary/aromatic N) is 2. The molecule has 2 heterocycles. The number of aromatic nitrogens is 1. The summed E-state index contributed by atoms with van der Waals surface area (Å²) in [5, 5.41) is 0. The van der Waals surface area contributed by atoms with E-state index in [-0.39, 0.29) is 18.3 Å². The second-order valence-electron chi connectivity index (χ2n) is 9.56. The number of hydrogen-bond donors (Lipinski definition) is 0. The van der Waals surface area contributed by atoms with Crippen molar-refractivity contribution in [1.29, 1.82) is 0 Å². The average Bonchev–Trinajstić information content (AvgIpc) is 3.28. The standard InChI is InChI=1S/C32H29BrN2O4S2/c1-5-38-31(37)27-28(21-9-7-6-8-10-21)34-32-35(29(27)22-12-14-23(40-4)15-13-22)30(36)26(41-32)18-20-11-16-25(24(33)17-20)39-19(2)3/h6-19,29H,5H2,1-4H3/b26-18-/t29-/m1/s1. The van der Waals surface area contributed by atoms with Crippen LogP contribution >= 0.6 is 39.0 Å². The molecule has 0 saturated carbocycles. The van der Waals surface area contributed by atoms with E-state index in [1.165, 1.54) is 11.3 Å². The van der Waals surface area contributed by atoms with Crippen LogP contribution in [0, 0.1) is 0 Å². The van der Waals surface area contributed by atoms with Gasteiger partial charge in [-0.05, 0) is 84.4 Å². The van der Waals surface area contributed by atoms with Crippen molar-refractivity contribution in [3.05, 3.63) is 119 Å². The van der Waals surface area contributed by atoms with Gasteiger partial charge in [-0.2, -0.15) is 0 Å². The SMILES string of the molecule is CCOC(=O)C1=C(c2ccccc2)N=c2s/c(=C\c3ccc(OC(C)C)c(Br)c3)c(=O)n2[C@@H]1c1ccc(SC)cc1. The lowest BCUT2D eigenvalue weighted by Crippen LogP contribution is -2.40. The van der Waals surface area contributed by atoms with Gasteiger partial charge in [0.15, 0.2) is 4.80 Å². The highest BCUT2D eigenvalue weighted by atomic mass is 79.9. The third-order valence-electron chi connectivity index (χ3n) is 6.42. The third-order valence-corrected chi connectivity index (χ3v) is 8.77. The van der Waals surface area contributed by atoms with E-state index in [1.807, 2.05) is 99.0 Å². The van der Waals surface area contributed by atoms with Crippen LogP contribution < -0.4 is 19.6 Å². The normalized spacial score (nSPS) is 15.1. The van der Waals surface area contributed by atoms with Crippen LogP contribution in [0.25, 0.3) is 11.8 Å². The fourth-order valence-electron chi connectivity index (χ4n) is 4.65. The molecule has 0 radical (unpaired) electrons. The summed E-state index contributed by atoms with van der Waals surface area (Å²) in [5.74, 6) is 0.242. The van der Waals surface area contributed by atoms with E-state index >= 15 is 0 Å². The zero-order chi connectivity index (χ0) is 29.1. The van der Waals surface area contributed by atoms with Crippen molar-refractivity contribution in [2.75, 3.05) is 12.9 Å². The Kier molecular flexibility index (Phi) is 8.97. The number of carbonyl (C=O) groups excluding carboxylic acids is 1. The number of benzene rings is 3. The number of thiazole rings is 1. The summed E-state index contributed by atoms with van der Waals surface area (Å²) < 4.78 is 14.3. The predicted molar refractivity (Wildman–Crippen MR) is 169 cm³/mol. The first-order valence-corrected chi connectivity index (χ1v) is 16.0. The minimum Gasteiger partial charge on any atom is -0.490 e. The minimum atomic E-state index is -0.702. The summed E-state index contributed by atoms with van der Waals surface area (Å²) in [6.07, 6.45) is 3.89. The topological polar surface area (TPSA) is 69.9 Å². The van der Waals surface area contributed by atoms with Crippen LogP contribution in [-0.4, -0.2) is 29.5 Å². The molecule has 0 aliphatic carbocycles. The molecule has 1 aromatic heterocycles. The van der Waals surface area contributed by atoms with Crippen molar-refractivity contribution in [2.45, 2.75) is 37.8 Å². The molecule has 6 nitrogen and oxygen atoms in total. The number of carbonyl (C=O) groups is 1. The molecule has 9 heteroatoms. The predicted octanol–water partition coefficient (Wildman–Crippen LogP) is 6.21. The largest absolute Gasteiger partial charge is 0.490 e. The number of halogens is 1. The first kappa shape index (κ1) is 29.1. The molecular weight excluding hydrogens is 620 g/mol. The summed E-state index contributed by atoms with van der Waals surface area (Å²) in [7, 11) is 0. The van der Waals surface area contributed by atoms with Gasteiger partial charge >= 0.3 is 5.97 Å². The number of ether oxygens (including phenoxy) is 2. The Bertz CT molecular complexity index is 1790. The maximum atomic E-state index is 14.1. The summed E-state index contributed by atoms with van der Waals surface area (Å²) >= 11 is 6.52. The molecule has 0 spiro atoms. The molecule has 41 heavy (non-hydrogen) atoms. The maximum Gasteiger partial charge on any atom is 0.338 e. The Morgan fingerprint density at radius 3 is 2.49 bits per heavy atom. The first-order chi connectivity index (χ1) is 19.8. The summed E-state index contributed by atoms with van der Waals surface area (Å²) in [6.45, 7) is 5.92. The molecule has 1 atom stereocenters. The number of rotatable bonds is 8. The Morgan fingerprint density at radius 1 is 1.12 bits per heavy atom. The molecule has 0 unspecified atom stereocenters. The van der Waals surface area contributed by atoms with Crippen molar-refractivity contribution >= 4 is 56.8 Å². The van der Waals surface area contributed by atoms with Crippen LogP contribution in [0.15, 0.2) is 97.5 Å². The lowest BCUT2D eigenvalue weighted by Gasteiger charge is -2.26. The van der Waals surface area contributed by atoms with Gasteiger partial charge in [-0.3, -0.25) is 9.36 Å². The molecule has 0 saturated heterocycles. The molecule has 3 aromatic carbocycles. The van der Waals surface area contributed by atoms with E-state index in [0.717, 1.165) is 31.8 Å². The Morgan fingerprint density at radius 2 is 1.85 bits per heavy atom. The molecule has 4 aromatic rings. The highest BCUT2D eigenvalue weighted by molar-refractivity contribution is 9.10. The molecule has 5 rings (SSSR count). The zero-order valence-corrected chi connectivity index (χ0v) is 26.3. The van der Waals surface area contributed by atoms with Gasteiger partial charge in [0.1, 0.15) is 5.75 Å². The smallest absolute Gasteiger partial charge is 0.338 e. The molecular formula is C32H29BrN2O4S2.